The summed E-state index contributed by atoms with van der Waals surface area (Å²) in [5.41, 5.74) is 6.55. The quantitative estimate of drug-likeness (QED) is 0.641. The Morgan fingerprint density at radius 2 is 2.06 bits per heavy atom. The number of carbonyl (C=O) groups excluding carboxylic acids is 1. The zero-order valence-corrected chi connectivity index (χ0v) is 19.3. The van der Waals surface area contributed by atoms with Crippen molar-refractivity contribution in [3.63, 3.8) is 0 Å². The minimum absolute atomic E-state index is 0.0113. The molecule has 5 atom stereocenters. The van der Waals surface area contributed by atoms with Crippen LogP contribution >= 0.6 is 0 Å². The first-order valence-electron chi connectivity index (χ1n) is 11.5. The number of ether oxygens (including phenoxy) is 4. The molecule has 186 valence electrons. The third-order valence-electron chi connectivity index (χ3n) is 6.57. The number of carbonyl (C=O) groups is 1. The molecular formula is C22H29F2N5O5. The van der Waals surface area contributed by atoms with Gasteiger partial charge >= 0.3 is 5.97 Å². The molecule has 34 heavy (non-hydrogen) atoms. The lowest BCUT2D eigenvalue weighted by atomic mass is 9.98. The van der Waals surface area contributed by atoms with E-state index in [1.165, 1.54) is 11.2 Å². The predicted octanol–water partition coefficient (Wildman–Crippen LogP) is 2.09. The molecule has 10 nitrogen and oxygen atoms in total. The van der Waals surface area contributed by atoms with E-state index >= 15 is 0 Å². The van der Waals surface area contributed by atoms with Crippen LogP contribution < -0.4 is 5.73 Å². The van der Waals surface area contributed by atoms with Gasteiger partial charge in [0.1, 0.15) is 42.1 Å². The molecular weight excluding hydrogens is 452 g/mol. The number of esters is 1. The SMILES string of the molecule is CCOC(=O)C1CCC(F)(F)CN1C[C@H]1O[C@@H](n2ccc3c(N)ncnc32)[C@@H]2OC(C)(C)O[C@@H]21. The summed E-state index contributed by atoms with van der Waals surface area (Å²) in [5, 5.41) is 0.669. The molecule has 0 saturated carbocycles. The second-order valence-corrected chi connectivity index (χ2v) is 9.44. The number of rotatable bonds is 5. The van der Waals surface area contributed by atoms with E-state index in [2.05, 4.69) is 9.97 Å². The molecule has 3 fully saturated rings. The number of nitrogens with two attached hydrogens (primary N) is 1. The van der Waals surface area contributed by atoms with Crippen molar-refractivity contribution in [1.82, 2.24) is 19.4 Å². The molecule has 3 aliphatic heterocycles. The van der Waals surface area contributed by atoms with Gasteiger partial charge in [-0.3, -0.25) is 9.69 Å². The Balaban J connectivity index is 1.44. The number of hydrogen-bond donors (Lipinski definition) is 1. The van der Waals surface area contributed by atoms with E-state index in [1.54, 1.807) is 37.6 Å². The fourth-order valence-corrected chi connectivity index (χ4v) is 5.17. The van der Waals surface area contributed by atoms with Crippen molar-refractivity contribution in [3.8, 4) is 0 Å². The molecule has 0 amide bonds. The summed E-state index contributed by atoms with van der Waals surface area (Å²) in [5.74, 6) is -3.96. The molecule has 2 aromatic heterocycles. The molecule has 0 aliphatic carbocycles. The van der Waals surface area contributed by atoms with Crippen LogP contribution in [0.1, 0.15) is 39.8 Å². The Labute approximate surface area is 195 Å². The average Bonchev–Trinajstić information content (AvgIpc) is 3.40. The maximum atomic E-state index is 14.3. The van der Waals surface area contributed by atoms with Crippen LogP contribution in [0.4, 0.5) is 14.6 Å². The van der Waals surface area contributed by atoms with Crippen LogP contribution in [0.15, 0.2) is 18.6 Å². The van der Waals surface area contributed by atoms with Crippen molar-refractivity contribution >= 4 is 22.8 Å². The highest BCUT2D eigenvalue weighted by molar-refractivity contribution is 5.86. The summed E-state index contributed by atoms with van der Waals surface area (Å²) in [7, 11) is 0. The Morgan fingerprint density at radius 1 is 1.29 bits per heavy atom. The summed E-state index contributed by atoms with van der Waals surface area (Å²) >= 11 is 0. The van der Waals surface area contributed by atoms with Crippen molar-refractivity contribution in [1.29, 1.82) is 0 Å². The lowest BCUT2D eigenvalue weighted by Crippen LogP contribution is -2.55. The van der Waals surface area contributed by atoms with Crippen molar-refractivity contribution in [2.24, 2.45) is 0 Å². The first-order valence-corrected chi connectivity index (χ1v) is 11.5. The van der Waals surface area contributed by atoms with Crippen LogP contribution in [0.3, 0.4) is 0 Å². The molecule has 2 aromatic rings. The fraction of sp³-hybridized carbons (Fsp3) is 0.682. The topological polar surface area (TPSA) is 114 Å². The molecule has 5 rings (SSSR count). The number of anilines is 1. The monoisotopic (exact) mass is 481 g/mol. The first-order chi connectivity index (χ1) is 16.1. The minimum Gasteiger partial charge on any atom is -0.465 e. The van der Waals surface area contributed by atoms with Gasteiger partial charge in [0.2, 0.25) is 0 Å². The standard InChI is InChI=1S/C22H29F2N5O5/c1-4-31-20(30)13-5-7-22(23,24)10-28(13)9-14-15-16(34-21(2,3)33-15)19(32-14)29-8-6-12-17(25)26-11-27-18(12)29/h6,8,11,13-16,19H,4-5,7,9-10H2,1-3H3,(H2,25,26,27)/t13?,14-,15-,16-,19-/m1/s1. The van der Waals surface area contributed by atoms with Gasteiger partial charge in [-0.2, -0.15) is 0 Å². The predicted molar refractivity (Wildman–Crippen MR) is 116 cm³/mol. The number of nitrogens with zero attached hydrogens (tertiary/aromatic N) is 4. The summed E-state index contributed by atoms with van der Waals surface area (Å²) in [6.07, 6.45) is 0.495. The number of hydrogen-bond acceptors (Lipinski definition) is 9. The number of likely N-dealkylation sites (tertiary alicyclic amines) is 1. The number of nitrogen functional groups attached to an aromatic ring is 1. The molecule has 3 aliphatic rings. The summed E-state index contributed by atoms with van der Waals surface area (Å²) in [6.45, 7) is 4.97. The van der Waals surface area contributed by atoms with E-state index in [0.29, 0.717) is 16.9 Å². The normalized spacial score (nSPS) is 32.7. The molecule has 2 N–H and O–H groups in total. The van der Waals surface area contributed by atoms with E-state index in [1.807, 2.05) is 0 Å². The number of alkyl halides is 2. The highest BCUT2D eigenvalue weighted by Crippen LogP contribution is 2.45. The van der Waals surface area contributed by atoms with Gasteiger partial charge in [0.15, 0.2) is 12.0 Å². The van der Waals surface area contributed by atoms with Crippen LogP contribution in [0.5, 0.6) is 0 Å². The van der Waals surface area contributed by atoms with E-state index in [4.69, 9.17) is 24.7 Å². The van der Waals surface area contributed by atoms with Gasteiger partial charge in [-0.25, -0.2) is 18.7 Å². The van der Waals surface area contributed by atoms with Crippen LogP contribution in [0, 0.1) is 0 Å². The average molecular weight is 482 g/mol. The van der Waals surface area contributed by atoms with Crippen molar-refractivity contribution in [3.05, 3.63) is 18.6 Å². The highest BCUT2D eigenvalue weighted by Gasteiger charge is 2.57. The molecule has 3 saturated heterocycles. The summed E-state index contributed by atoms with van der Waals surface area (Å²) < 4.78 is 54.3. The number of halogens is 2. The van der Waals surface area contributed by atoms with Crippen LogP contribution in [0.25, 0.3) is 11.0 Å². The van der Waals surface area contributed by atoms with Crippen molar-refractivity contribution < 1.29 is 32.5 Å². The molecule has 0 bridgehead atoms. The Kier molecular flexibility index (Phi) is 5.74. The molecule has 5 heterocycles. The minimum atomic E-state index is -2.90. The fourth-order valence-electron chi connectivity index (χ4n) is 5.17. The summed E-state index contributed by atoms with van der Waals surface area (Å²) in [6, 6.07) is 1.02. The highest BCUT2D eigenvalue weighted by atomic mass is 19.3. The maximum absolute atomic E-state index is 14.3. The third kappa shape index (κ3) is 4.12. The number of piperidine rings is 1. The third-order valence-corrected chi connectivity index (χ3v) is 6.57. The zero-order valence-electron chi connectivity index (χ0n) is 19.3. The Bertz CT molecular complexity index is 1080. The van der Waals surface area contributed by atoms with Gasteiger partial charge in [-0.05, 0) is 33.3 Å². The largest absolute Gasteiger partial charge is 0.465 e. The number of aromatic nitrogens is 3. The smallest absolute Gasteiger partial charge is 0.323 e. The van der Waals surface area contributed by atoms with Crippen LogP contribution in [-0.2, 0) is 23.7 Å². The van der Waals surface area contributed by atoms with E-state index < -0.39 is 54.8 Å². The zero-order chi connectivity index (χ0) is 24.3. The molecule has 0 radical (unpaired) electrons. The van der Waals surface area contributed by atoms with Crippen molar-refractivity contribution in [2.45, 2.75) is 75.9 Å². The van der Waals surface area contributed by atoms with Crippen molar-refractivity contribution in [2.75, 3.05) is 25.4 Å². The van der Waals surface area contributed by atoms with Crippen LogP contribution in [-0.4, -0.2) is 81.2 Å². The van der Waals surface area contributed by atoms with E-state index in [0.717, 1.165) is 0 Å². The summed E-state index contributed by atoms with van der Waals surface area (Å²) in [4.78, 5) is 22.3. The molecule has 0 spiro atoms. The lowest BCUT2D eigenvalue weighted by molar-refractivity contribution is -0.201. The van der Waals surface area contributed by atoms with Gasteiger partial charge in [0.25, 0.3) is 5.92 Å². The maximum Gasteiger partial charge on any atom is 0.323 e. The molecule has 1 unspecified atom stereocenters. The second kappa shape index (κ2) is 8.36. The first kappa shape index (κ1) is 23.3. The van der Waals surface area contributed by atoms with E-state index in [9.17, 15) is 13.6 Å². The molecule has 12 heteroatoms. The molecule has 0 aromatic carbocycles. The Morgan fingerprint density at radius 3 is 2.82 bits per heavy atom. The van der Waals surface area contributed by atoms with Crippen LogP contribution in [0.2, 0.25) is 0 Å². The van der Waals surface area contributed by atoms with Gasteiger partial charge in [0, 0.05) is 19.2 Å². The van der Waals surface area contributed by atoms with Gasteiger partial charge in [-0.15, -0.1) is 0 Å². The van der Waals surface area contributed by atoms with E-state index in [-0.39, 0.29) is 26.0 Å². The Hall–Kier alpha value is -2.41. The van der Waals surface area contributed by atoms with Gasteiger partial charge < -0.3 is 29.2 Å². The second-order valence-electron chi connectivity index (χ2n) is 9.44. The number of fused-ring (bicyclic) bond motifs is 2. The van der Waals surface area contributed by atoms with Gasteiger partial charge in [0.05, 0.1) is 18.5 Å². The van der Waals surface area contributed by atoms with Gasteiger partial charge in [-0.1, -0.05) is 0 Å². The lowest BCUT2D eigenvalue weighted by Gasteiger charge is -2.39.